The minimum Gasteiger partial charge on any atom is -0.305 e. The van der Waals surface area contributed by atoms with Crippen molar-refractivity contribution in [1.29, 1.82) is 0 Å². The van der Waals surface area contributed by atoms with Gasteiger partial charge in [-0.15, -0.1) is 11.3 Å². The van der Waals surface area contributed by atoms with E-state index in [2.05, 4.69) is 9.97 Å². The minimum atomic E-state index is -0.289. The molecule has 14 heavy (non-hydrogen) atoms. The molecule has 0 aliphatic carbocycles. The van der Waals surface area contributed by atoms with Crippen molar-refractivity contribution in [3.05, 3.63) is 38.6 Å². The summed E-state index contributed by atoms with van der Waals surface area (Å²) in [4.78, 5) is 19.1. The van der Waals surface area contributed by atoms with Gasteiger partial charge in [0.05, 0.1) is 10.6 Å². The Morgan fingerprint density at radius 1 is 1.57 bits per heavy atom. The highest BCUT2D eigenvalue weighted by Crippen LogP contribution is 2.20. The lowest BCUT2D eigenvalue weighted by atomic mass is 10.4. The van der Waals surface area contributed by atoms with Crippen LogP contribution in [-0.4, -0.2) is 9.97 Å². The summed E-state index contributed by atoms with van der Waals surface area (Å²) in [5.41, 5.74) is 0.265. The van der Waals surface area contributed by atoms with Gasteiger partial charge in [0.2, 0.25) is 0 Å². The Morgan fingerprint density at radius 3 is 2.93 bits per heavy atom. The van der Waals surface area contributed by atoms with Gasteiger partial charge in [0.1, 0.15) is 5.02 Å². The Bertz CT molecular complexity index is 504. The quantitative estimate of drug-likeness (QED) is 0.812. The second kappa shape index (κ2) is 3.55. The lowest BCUT2D eigenvalue weighted by Gasteiger charge is -1.99. The van der Waals surface area contributed by atoms with Crippen molar-refractivity contribution in [1.82, 2.24) is 9.97 Å². The molecule has 0 atom stereocenters. The van der Waals surface area contributed by atoms with Crippen molar-refractivity contribution >= 4 is 22.9 Å². The number of nitrogens with zero attached hydrogens (tertiary/aromatic N) is 1. The van der Waals surface area contributed by atoms with Crippen LogP contribution in [0.4, 0.5) is 0 Å². The SMILES string of the molecule is Cc1nc(-c2cccs2)[nH]c(=O)c1Cl. The highest BCUT2D eigenvalue weighted by atomic mass is 35.5. The fourth-order valence-electron chi connectivity index (χ4n) is 1.10. The van der Waals surface area contributed by atoms with Gasteiger partial charge in [-0.25, -0.2) is 4.98 Å². The largest absolute Gasteiger partial charge is 0.305 e. The van der Waals surface area contributed by atoms with Crippen LogP contribution in [0.2, 0.25) is 5.02 Å². The van der Waals surface area contributed by atoms with E-state index >= 15 is 0 Å². The van der Waals surface area contributed by atoms with Crippen LogP contribution in [-0.2, 0) is 0 Å². The summed E-state index contributed by atoms with van der Waals surface area (Å²) in [6.45, 7) is 1.72. The molecule has 0 aromatic carbocycles. The van der Waals surface area contributed by atoms with Crippen LogP contribution in [0.1, 0.15) is 5.69 Å². The zero-order valence-electron chi connectivity index (χ0n) is 7.37. The van der Waals surface area contributed by atoms with Gasteiger partial charge in [-0.2, -0.15) is 0 Å². The molecular weight excluding hydrogens is 220 g/mol. The molecule has 0 saturated heterocycles. The molecular formula is C9H7ClN2OS. The fourth-order valence-corrected chi connectivity index (χ4v) is 1.86. The molecule has 0 aliphatic rings. The summed E-state index contributed by atoms with van der Waals surface area (Å²) < 4.78 is 0. The normalized spacial score (nSPS) is 10.4. The summed E-state index contributed by atoms with van der Waals surface area (Å²) in [6.07, 6.45) is 0. The van der Waals surface area contributed by atoms with Gasteiger partial charge in [0.15, 0.2) is 5.82 Å². The molecule has 2 rings (SSSR count). The van der Waals surface area contributed by atoms with E-state index in [0.29, 0.717) is 11.5 Å². The van der Waals surface area contributed by atoms with Gasteiger partial charge in [0, 0.05) is 0 Å². The van der Waals surface area contributed by atoms with Crippen molar-refractivity contribution < 1.29 is 0 Å². The van der Waals surface area contributed by atoms with E-state index in [1.807, 2.05) is 17.5 Å². The molecule has 0 saturated carbocycles. The molecule has 5 heteroatoms. The highest BCUT2D eigenvalue weighted by Gasteiger charge is 2.07. The second-order valence-electron chi connectivity index (χ2n) is 2.79. The van der Waals surface area contributed by atoms with Crippen molar-refractivity contribution in [3.8, 4) is 10.7 Å². The third kappa shape index (κ3) is 1.58. The number of rotatable bonds is 1. The van der Waals surface area contributed by atoms with Crippen molar-refractivity contribution in [2.45, 2.75) is 6.92 Å². The number of hydrogen-bond donors (Lipinski definition) is 1. The fraction of sp³-hybridized carbons (Fsp3) is 0.111. The smallest absolute Gasteiger partial charge is 0.270 e. The third-order valence-electron chi connectivity index (χ3n) is 1.78. The van der Waals surface area contributed by atoms with E-state index in [1.165, 1.54) is 11.3 Å². The van der Waals surface area contributed by atoms with Crippen LogP contribution in [0.25, 0.3) is 10.7 Å². The van der Waals surface area contributed by atoms with E-state index in [4.69, 9.17) is 11.6 Å². The molecule has 0 radical (unpaired) electrons. The maximum absolute atomic E-state index is 11.3. The molecule has 0 amide bonds. The molecule has 1 N–H and O–H groups in total. The van der Waals surface area contributed by atoms with Crippen LogP contribution in [0.15, 0.2) is 22.3 Å². The Hall–Kier alpha value is -1.13. The van der Waals surface area contributed by atoms with Crippen molar-refractivity contribution in [3.63, 3.8) is 0 Å². The van der Waals surface area contributed by atoms with Crippen LogP contribution < -0.4 is 5.56 Å². The summed E-state index contributed by atoms with van der Waals surface area (Å²) in [6, 6.07) is 3.81. The van der Waals surface area contributed by atoms with Gasteiger partial charge in [-0.05, 0) is 18.4 Å². The van der Waals surface area contributed by atoms with Crippen LogP contribution in [0, 0.1) is 6.92 Å². The van der Waals surface area contributed by atoms with Gasteiger partial charge in [-0.3, -0.25) is 4.79 Å². The maximum atomic E-state index is 11.3. The molecule has 3 nitrogen and oxygen atoms in total. The zero-order chi connectivity index (χ0) is 10.1. The van der Waals surface area contributed by atoms with E-state index in [0.717, 1.165) is 4.88 Å². The Morgan fingerprint density at radius 2 is 2.36 bits per heavy atom. The molecule has 0 unspecified atom stereocenters. The van der Waals surface area contributed by atoms with Crippen molar-refractivity contribution in [2.24, 2.45) is 0 Å². The topological polar surface area (TPSA) is 45.8 Å². The first-order valence-corrected chi connectivity index (χ1v) is 5.24. The minimum absolute atomic E-state index is 0.158. The molecule has 0 bridgehead atoms. The van der Waals surface area contributed by atoms with Crippen LogP contribution in [0.3, 0.4) is 0 Å². The van der Waals surface area contributed by atoms with E-state index < -0.39 is 0 Å². The summed E-state index contributed by atoms with van der Waals surface area (Å²) >= 11 is 7.23. The monoisotopic (exact) mass is 226 g/mol. The summed E-state index contributed by atoms with van der Waals surface area (Å²) in [5.74, 6) is 0.576. The maximum Gasteiger partial charge on any atom is 0.270 e. The molecule has 2 aromatic heterocycles. The molecule has 0 fully saturated rings. The van der Waals surface area contributed by atoms with Crippen molar-refractivity contribution in [2.75, 3.05) is 0 Å². The first-order valence-electron chi connectivity index (χ1n) is 3.99. The lowest BCUT2D eigenvalue weighted by molar-refractivity contribution is 1.08. The predicted molar refractivity (Wildman–Crippen MR) is 57.9 cm³/mol. The predicted octanol–water partition coefficient (Wildman–Crippen LogP) is 2.46. The lowest BCUT2D eigenvalue weighted by Crippen LogP contribution is -2.10. The Kier molecular flexibility index (Phi) is 2.39. The van der Waals surface area contributed by atoms with Gasteiger partial charge >= 0.3 is 0 Å². The average molecular weight is 227 g/mol. The number of halogens is 1. The van der Waals surface area contributed by atoms with Crippen LogP contribution >= 0.6 is 22.9 Å². The first kappa shape index (κ1) is 9.43. The second-order valence-corrected chi connectivity index (χ2v) is 4.12. The Balaban J connectivity index is 2.63. The molecule has 2 heterocycles. The molecule has 0 aliphatic heterocycles. The van der Waals surface area contributed by atoms with Gasteiger partial charge < -0.3 is 4.98 Å². The summed E-state index contributed by atoms with van der Waals surface area (Å²) in [7, 11) is 0. The standard InChI is InChI=1S/C9H7ClN2OS/c1-5-7(10)9(13)12-8(11-5)6-3-2-4-14-6/h2-4H,1H3,(H,11,12,13). The first-order chi connectivity index (χ1) is 6.68. The Labute approximate surface area is 89.4 Å². The number of aromatic amines is 1. The number of H-pyrrole nitrogens is 1. The number of aromatic nitrogens is 2. The molecule has 0 spiro atoms. The molecule has 2 aromatic rings. The number of thiophene rings is 1. The van der Waals surface area contributed by atoms with Gasteiger partial charge in [-0.1, -0.05) is 17.7 Å². The number of hydrogen-bond acceptors (Lipinski definition) is 3. The van der Waals surface area contributed by atoms with E-state index in [-0.39, 0.29) is 10.6 Å². The summed E-state index contributed by atoms with van der Waals surface area (Å²) in [5, 5.41) is 2.09. The average Bonchev–Trinajstić information content (AvgIpc) is 2.66. The highest BCUT2D eigenvalue weighted by molar-refractivity contribution is 7.13. The zero-order valence-corrected chi connectivity index (χ0v) is 8.95. The number of aryl methyl sites for hydroxylation is 1. The third-order valence-corrected chi connectivity index (χ3v) is 3.10. The van der Waals surface area contributed by atoms with E-state index in [9.17, 15) is 4.79 Å². The van der Waals surface area contributed by atoms with Crippen LogP contribution in [0.5, 0.6) is 0 Å². The van der Waals surface area contributed by atoms with Gasteiger partial charge in [0.25, 0.3) is 5.56 Å². The molecule has 72 valence electrons. The number of nitrogens with one attached hydrogen (secondary N) is 1. The van der Waals surface area contributed by atoms with E-state index in [1.54, 1.807) is 6.92 Å².